The number of nitro groups is 1. The fourth-order valence-electron chi connectivity index (χ4n) is 4.80. The highest BCUT2D eigenvalue weighted by atomic mass is 16.6. The van der Waals surface area contributed by atoms with Gasteiger partial charge < -0.3 is 14.0 Å². The minimum atomic E-state index is -0.628. The lowest BCUT2D eigenvalue weighted by molar-refractivity contribution is -0.386. The molecule has 0 radical (unpaired) electrons. The van der Waals surface area contributed by atoms with Gasteiger partial charge in [0.2, 0.25) is 5.91 Å². The smallest absolute Gasteiger partial charge is 0.334 e. The molecule has 0 unspecified atom stereocenters. The van der Waals surface area contributed by atoms with Gasteiger partial charge in [-0.3, -0.25) is 19.7 Å². The summed E-state index contributed by atoms with van der Waals surface area (Å²) in [7, 11) is 0. The lowest BCUT2D eigenvalue weighted by Crippen LogP contribution is -2.50. The topological polar surface area (TPSA) is 90.4 Å². The maximum absolute atomic E-state index is 13.0. The van der Waals surface area contributed by atoms with E-state index >= 15 is 0 Å². The van der Waals surface area contributed by atoms with Crippen LogP contribution in [0.3, 0.4) is 0 Å². The number of hydrogen-bond donors (Lipinski definition) is 0. The van der Waals surface area contributed by atoms with E-state index in [4.69, 9.17) is 0 Å². The molecule has 1 amide bonds. The molecule has 0 spiro atoms. The number of benzene rings is 1. The number of para-hydroxylation sites is 1. The summed E-state index contributed by atoms with van der Waals surface area (Å²) in [4.78, 5) is 37.8. The van der Waals surface area contributed by atoms with E-state index in [1.54, 1.807) is 6.07 Å². The van der Waals surface area contributed by atoms with Crippen molar-refractivity contribution in [2.45, 2.75) is 25.4 Å². The van der Waals surface area contributed by atoms with Crippen LogP contribution >= 0.6 is 0 Å². The van der Waals surface area contributed by atoms with Crippen molar-refractivity contribution in [1.82, 2.24) is 14.0 Å². The Hall–Kier alpha value is -3.42. The van der Waals surface area contributed by atoms with Gasteiger partial charge in [-0.1, -0.05) is 18.2 Å². The summed E-state index contributed by atoms with van der Waals surface area (Å²) in [5.74, 6) is 0.214. The number of hydrogen-bond acceptors (Lipinski definition) is 4. The maximum atomic E-state index is 13.0. The molecule has 1 aromatic carbocycles. The van der Waals surface area contributed by atoms with Crippen LogP contribution in [0.5, 0.6) is 0 Å². The van der Waals surface area contributed by atoms with Gasteiger partial charge in [0.25, 0.3) is 0 Å². The summed E-state index contributed by atoms with van der Waals surface area (Å²) in [6.07, 6.45) is 2.83. The highest BCUT2D eigenvalue weighted by Gasteiger charge is 2.37. The molecule has 148 valence electrons. The molecule has 29 heavy (non-hydrogen) atoms. The van der Waals surface area contributed by atoms with Crippen molar-refractivity contribution >= 4 is 22.5 Å². The number of likely N-dealkylation sites (tertiary alicyclic amines) is 1. The number of carbonyl (C=O) groups excluding carboxylic acids is 1. The third-order valence-electron chi connectivity index (χ3n) is 6.12. The Labute approximate surface area is 166 Å². The van der Waals surface area contributed by atoms with E-state index in [-0.39, 0.29) is 30.0 Å². The van der Waals surface area contributed by atoms with Crippen molar-refractivity contribution in [3.05, 3.63) is 74.8 Å². The van der Waals surface area contributed by atoms with Gasteiger partial charge in [0.05, 0.1) is 4.92 Å². The highest BCUT2D eigenvalue weighted by Crippen LogP contribution is 2.35. The molecule has 8 nitrogen and oxygen atoms in total. The van der Waals surface area contributed by atoms with Crippen LogP contribution in [-0.2, 0) is 17.9 Å². The first-order chi connectivity index (χ1) is 14.0. The molecular formula is C21H20N4O4. The summed E-state index contributed by atoms with van der Waals surface area (Å²) in [6, 6.07) is 12.9. The molecule has 0 N–H and O–H groups in total. The van der Waals surface area contributed by atoms with E-state index in [9.17, 15) is 19.7 Å². The molecular weight excluding hydrogens is 372 g/mol. The standard InChI is InChI=1S/C21H20N4O4/c26-20(13-22-8-7-15-3-1-2-4-17(15)22)23-10-14-9-16(12-23)18-5-6-19(25(28)29)21(27)24(18)11-14/h1-8,14,16H,9-13H2/t14-,16+/m0/s1. The van der Waals surface area contributed by atoms with Crippen LogP contribution in [0.1, 0.15) is 18.0 Å². The average molecular weight is 392 g/mol. The average Bonchev–Trinajstić information content (AvgIpc) is 3.11. The van der Waals surface area contributed by atoms with Crippen LogP contribution in [0, 0.1) is 16.0 Å². The Bertz CT molecular complexity index is 1190. The number of pyridine rings is 1. The Kier molecular flexibility index (Phi) is 4.01. The van der Waals surface area contributed by atoms with Crippen molar-refractivity contribution < 1.29 is 9.72 Å². The van der Waals surface area contributed by atoms with Gasteiger partial charge >= 0.3 is 11.2 Å². The number of piperidine rings is 1. The molecule has 0 saturated carbocycles. The van der Waals surface area contributed by atoms with E-state index in [0.717, 1.165) is 23.0 Å². The molecule has 8 heteroatoms. The van der Waals surface area contributed by atoms with Gasteiger partial charge in [0.1, 0.15) is 6.54 Å². The minimum Gasteiger partial charge on any atom is -0.340 e. The lowest BCUT2D eigenvalue weighted by atomic mass is 9.83. The van der Waals surface area contributed by atoms with Crippen LogP contribution in [0.15, 0.2) is 53.5 Å². The first-order valence-corrected chi connectivity index (χ1v) is 9.71. The third kappa shape index (κ3) is 2.91. The molecule has 2 aromatic heterocycles. The highest BCUT2D eigenvalue weighted by molar-refractivity contribution is 5.83. The van der Waals surface area contributed by atoms with E-state index in [0.29, 0.717) is 19.6 Å². The summed E-state index contributed by atoms with van der Waals surface area (Å²) in [5, 5.41) is 12.2. The van der Waals surface area contributed by atoms with E-state index in [1.807, 2.05) is 46.0 Å². The summed E-state index contributed by atoms with van der Waals surface area (Å²) in [6.45, 7) is 1.80. The van der Waals surface area contributed by atoms with E-state index < -0.39 is 10.5 Å². The van der Waals surface area contributed by atoms with Gasteiger partial charge in [-0.05, 0) is 35.9 Å². The number of amides is 1. The number of fused-ring (bicyclic) bond motifs is 5. The molecule has 2 atom stereocenters. The normalized spacial score (nSPS) is 20.5. The number of rotatable bonds is 3. The van der Waals surface area contributed by atoms with Gasteiger partial charge in [-0.15, -0.1) is 0 Å². The molecule has 1 saturated heterocycles. The van der Waals surface area contributed by atoms with Gasteiger partial charge in [0, 0.05) is 49.0 Å². The molecule has 4 heterocycles. The SMILES string of the molecule is O=C(Cn1ccc2ccccc21)N1C[C@@H]2C[C@H](C1)c1ccc([N+](=O)[O-])c(=O)n1C2. The van der Waals surface area contributed by atoms with Gasteiger partial charge in [-0.2, -0.15) is 0 Å². The molecule has 2 aliphatic heterocycles. The number of aromatic nitrogens is 2. The predicted octanol–water partition coefficient (Wildman–Crippen LogP) is 2.36. The molecule has 5 rings (SSSR count). The monoisotopic (exact) mass is 392 g/mol. The van der Waals surface area contributed by atoms with Crippen molar-refractivity contribution in [2.24, 2.45) is 5.92 Å². The van der Waals surface area contributed by atoms with Gasteiger partial charge in [0.15, 0.2) is 0 Å². The Morgan fingerprint density at radius 1 is 1.10 bits per heavy atom. The zero-order valence-electron chi connectivity index (χ0n) is 15.7. The van der Waals surface area contributed by atoms with E-state index in [1.165, 1.54) is 10.6 Å². The van der Waals surface area contributed by atoms with Crippen LogP contribution < -0.4 is 5.56 Å². The Morgan fingerprint density at radius 3 is 2.76 bits per heavy atom. The molecule has 3 aromatic rings. The molecule has 2 bridgehead atoms. The number of nitrogens with zero attached hydrogens (tertiary/aromatic N) is 4. The number of carbonyl (C=O) groups is 1. The Balaban J connectivity index is 1.39. The zero-order chi connectivity index (χ0) is 20.1. The third-order valence-corrected chi connectivity index (χ3v) is 6.12. The summed E-state index contributed by atoms with van der Waals surface area (Å²) in [5.41, 5.74) is 0.893. The summed E-state index contributed by atoms with van der Waals surface area (Å²) < 4.78 is 3.50. The first-order valence-electron chi connectivity index (χ1n) is 9.71. The maximum Gasteiger partial charge on any atom is 0.334 e. The second kappa shape index (κ2) is 6.58. The fourth-order valence-corrected chi connectivity index (χ4v) is 4.80. The quantitative estimate of drug-likeness (QED) is 0.505. The minimum absolute atomic E-state index is 0.0290. The summed E-state index contributed by atoms with van der Waals surface area (Å²) >= 11 is 0. The Morgan fingerprint density at radius 2 is 1.93 bits per heavy atom. The van der Waals surface area contributed by atoms with Gasteiger partial charge in [-0.25, -0.2) is 0 Å². The van der Waals surface area contributed by atoms with Crippen LogP contribution in [-0.4, -0.2) is 38.0 Å². The molecule has 2 aliphatic rings. The van der Waals surface area contributed by atoms with Crippen LogP contribution in [0.25, 0.3) is 10.9 Å². The predicted molar refractivity (Wildman–Crippen MR) is 107 cm³/mol. The second-order valence-corrected chi connectivity index (χ2v) is 7.92. The van der Waals surface area contributed by atoms with Crippen molar-refractivity contribution in [3.63, 3.8) is 0 Å². The first kappa shape index (κ1) is 17.7. The van der Waals surface area contributed by atoms with Crippen LogP contribution in [0.2, 0.25) is 0 Å². The van der Waals surface area contributed by atoms with Crippen LogP contribution in [0.4, 0.5) is 5.69 Å². The van der Waals surface area contributed by atoms with Crippen molar-refractivity contribution in [2.75, 3.05) is 13.1 Å². The molecule has 0 aliphatic carbocycles. The second-order valence-electron chi connectivity index (χ2n) is 7.92. The fraction of sp³-hybridized carbons (Fsp3) is 0.333. The lowest BCUT2D eigenvalue weighted by Gasteiger charge is -2.42. The van der Waals surface area contributed by atoms with E-state index in [2.05, 4.69) is 0 Å². The van der Waals surface area contributed by atoms with Crippen molar-refractivity contribution in [3.8, 4) is 0 Å². The molecule has 1 fully saturated rings. The zero-order valence-corrected chi connectivity index (χ0v) is 15.7. The van der Waals surface area contributed by atoms with Crippen molar-refractivity contribution in [1.29, 1.82) is 0 Å². The largest absolute Gasteiger partial charge is 0.340 e.